The van der Waals surface area contributed by atoms with Gasteiger partial charge in [0.1, 0.15) is 97.3 Å². The van der Waals surface area contributed by atoms with Crippen LogP contribution in [-0.4, -0.2) is 238 Å². The number of carboxylic acid groups (broad SMARTS) is 1. The third-order valence-corrected chi connectivity index (χ3v) is 20.7. The zero-order valence-corrected chi connectivity index (χ0v) is 44.8. The zero-order chi connectivity index (χ0) is 56.4. The first-order chi connectivity index (χ1) is 35.9. The largest absolute Gasteiger partial charge is 0.479 e. The van der Waals surface area contributed by atoms with Crippen LogP contribution in [0.5, 0.6) is 0 Å². The number of ether oxygens (including phenoxy) is 8. The quantitative estimate of drug-likeness (QED) is 0.0707. The topological polar surface area (TPSA) is 391 Å². The average molecular weight is 1110 g/mol. The van der Waals surface area contributed by atoms with E-state index in [0.29, 0.717) is 38.5 Å². The van der Waals surface area contributed by atoms with Gasteiger partial charge in [-0.2, -0.15) is 0 Å². The highest BCUT2D eigenvalue weighted by molar-refractivity contribution is 5.86. The van der Waals surface area contributed by atoms with Crippen molar-refractivity contribution >= 4 is 11.8 Å². The van der Waals surface area contributed by atoms with Crippen LogP contribution < -0.4 is 0 Å². The molecule has 0 aromatic rings. The van der Waals surface area contributed by atoms with Crippen molar-refractivity contribution in [2.75, 3.05) is 19.8 Å². The molecule has 4 saturated heterocycles. The van der Waals surface area contributed by atoms with E-state index in [1.807, 2.05) is 0 Å². The van der Waals surface area contributed by atoms with Crippen molar-refractivity contribution in [2.45, 2.75) is 241 Å². The van der Waals surface area contributed by atoms with Gasteiger partial charge in [-0.25, -0.2) is 4.79 Å². The molecule has 9 aliphatic rings. The van der Waals surface area contributed by atoms with Crippen molar-refractivity contribution in [1.29, 1.82) is 0 Å². The Balaban J connectivity index is 0.933. The fourth-order valence-corrected chi connectivity index (χ4v) is 16.3. The van der Waals surface area contributed by atoms with Crippen LogP contribution in [0.4, 0.5) is 0 Å². The number of rotatable bonds is 12. The second-order valence-electron chi connectivity index (χ2n) is 25.9. The maximum absolute atomic E-state index is 14.2. The van der Waals surface area contributed by atoms with Crippen molar-refractivity contribution in [3.63, 3.8) is 0 Å². The first-order valence-corrected chi connectivity index (χ1v) is 27.3. The minimum absolute atomic E-state index is 0.00358. The van der Waals surface area contributed by atoms with Gasteiger partial charge in [0, 0.05) is 11.8 Å². The number of aliphatic hydroxyl groups is 13. The summed E-state index contributed by atoms with van der Waals surface area (Å²) in [4.78, 5) is 26.7. The van der Waals surface area contributed by atoms with Crippen molar-refractivity contribution in [3.8, 4) is 0 Å². The van der Waals surface area contributed by atoms with E-state index in [1.165, 1.54) is 0 Å². The maximum Gasteiger partial charge on any atom is 0.335 e. The number of ketones is 1. The van der Waals surface area contributed by atoms with Crippen molar-refractivity contribution in [2.24, 2.45) is 44.8 Å². The Hall–Kier alpha value is -1.96. The van der Waals surface area contributed by atoms with Gasteiger partial charge in [-0.3, -0.25) is 4.79 Å². The molecule has 440 valence electrons. The Labute approximate surface area is 446 Å². The number of carboxylic acids is 1. The molecule has 0 aromatic heterocycles. The Bertz CT molecular complexity index is 2180. The highest BCUT2D eigenvalue weighted by Gasteiger charge is 2.71. The third-order valence-electron chi connectivity index (χ3n) is 20.7. The van der Waals surface area contributed by atoms with E-state index >= 15 is 0 Å². The number of aliphatic hydroxyl groups excluding tert-OH is 12. The number of Topliss-reactive ketones (excluding diaryl/α,β-unsaturated/α-hetero) is 1. The predicted octanol–water partition coefficient (Wildman–Crippen LogP) is -2.54. The monoisotopic (exact) mass is 1100 g/mol. The fraction of sp³-hybridized carbons (Fsp3) is 0.925. The molecule has 0 aromatic carbocycles. The van der Waals surface area contributed by atoms with Crippen LogP contribution >= 0.6 is 0 Å². The summed E-state index contributed by atoms with van der Waals surface area (Å²) in [7, 11) is 0. The van der Waals surface area contributed by atoms with Crippen molar-refractivity contribution in [3.05, 3.63) is 11.6 Å². The summed E-state index contributed by atoms with van der Waals surface area (Å²) in [6, 6.07) is 0. The highest BCUT2D eigenvalue weighted by Crippen LogP contribution is 2.75. The normalized spacial score (nSPS) is 53.5. The molecule has 4 heterocycles. The van der Waals surface area contributed by atoms with E-state index in [4.69, 9.17) is 37.9 Å². The summed E-state index contributed by atoms with van der Waals surface area (Å²) in [6.45, 7) is 12.5. The molecule has 0 spiro atoms. The zero-order valence-electron chi connectivity index (χ0n) is 44.8. The molecule has 4 aliphatic heterocycles. The van der Waals surface area contributed by atoms with Gasteiger partial charge in [-0.05, 0) is 90.4 Å². The molecule has 0 bridgehead atoms. The number of fused-ring (bicyclic) bond motifs is 7. The molecular formula is C53H84O24. The molecule has 24 heteroatoms. The Kier molecular flexibility index (Phi) is 16.5. The summed E-state index contributed by atoms with van der Waals surface area (Å²) in [6.07, 6.45) is -30.7. The minimum atomic E-state index is -2.14. The summed E-state index contributed by atoms with van der Waals surface area (Å²) >= 11 is 0. The molecule has 14 N–H and O–H groups in total. The van der Waals surface area contributed by atoms with Crippen LogP contribution in [0.3, 0.4) is 0 Å². The van der Waals surface area contributed by atoms with E-state index in [2.05, 4.69) is 54.5 Å². The summed E-state index contributed by atoms with van der Waals surface area (Å²) in [5.41, 5.74) is -2.27. The number of carbonyl (C=O) groups excluding carboxylic acids is 1. The first kappa shape index (κ1) is 59.7. The lowest BCUT2D eigenvalue weighted by Gasteiger charge is -2.71. The summed E-state index contributed by atoms with van der Waals surface area (Å²) in [5.74, 6) is -1.83. The van der Waals surface area contributed by atoms with E-state index in [1.54, 1.807) is 0 Å². The smallest absolute Gasteiger partial charge is 0.335 e. The maximum atomic E-state index is 14.2. The second-order valence-corrected chi connectivity index (χ2v) is 25.9. The number of hydrogen-bond donors (Lipinski definition) is 14. The van der Waals surface area contributed by atoms with Crippen molar-refractivity contribution < 1.29 is 119 Å². The second kappa shape index (κ2) is 21.3. The van der Waals surface area contributed by atoms with E-state index in [0.717, 1.165) is 24.8 Å². The van der Waals surface area contributed by atoms with E-state index < -0.39 is 177 Å². The summed E-state index contributed by atoms with van der Waals surface area (Å²) < 4.78 is 47.5. The van der Waals surface area contributed by atoms with Crippen LogP contribution in [0.25, 0.3) is 0 Å². The van der Waals surface area contributed by atoms with Crippen LogP contribution in [0.1, 0.15) is 106 Å². The molecule has 0 radical (unpaired) electrons. The average Bonchev–Trinajstić information content (AvgIpc) is 3.54. The predicted molar refractivity (Wildman–Crippen MR) is 259 cm³/mol. The Morgan fingerprint density at radius 2 is 1.10 bits per heavy atom. The molecule has 28 unspecified atom stereocenters. The molecule has 24 nitrogen and oxygen atoms in total. The number of aliphatic carboxylic acids is 1. The lowest BCUT2D eigenvalue weighted by molar-refractivity contribution is -0.399. The van der Waals surface area contributed by atoms with Crippen LogP contribution in [-0.2, 0) is 47.5 Å². The number of carbonyl (C=O) groups is 2. The molecule has 0 amide bonds. The van der Waals surface area contributed by atoms with Crippen molar-refractivity contribution in [1.82, 2.24) is 0 Å². The lowest BCUT2D eigenvalue weighted by Crippen LogP contribution is -2.69. The van der Waals surface area contributed by atoms with Crippen LogP contribution in [0.2, 0.25) is 0 Å². The van der Waals surface area contributed by atoms with Gasteiger partial charge in [0.15, 0.2) is 31.3 Å². The fourth-order valence-electron chi connectivity index (χ4n) is 16.3. The van der Waals surface area contributed by atoms with Crippen LogP contribution in [0.15, 0.2) is 11.6 Å². The van der Waals surface area contributed by atoms with Gasteiger partial charge in [-0.15, -0.1) is 0 Å². The molecular weight excluding hydrogens is 1020 g/mol. The van der Waals surface area contributed by atoms with Gasteiger partial charge in [0.2, 0.25) is 0 Å². The summed E-state index contributed by atoms with van der Waals surface area (Å²) in [5, 5.41) is 153. The molecule has 4 saturated carbocycles. The lowest BCUT2D eigenvalue weighted by atomic mass is 9.34. The molecule has 9 rings (SSSR count). The minimum Gasteiger partial charge on any atom is -0.479 e. The number of hydrogen-bond acceptors (Lipinski definition) is 23. The molecule has 8 fully saturated rings. The Morgan fingerprint density at radius 1 is 0.584 bits per heavy atom. The first-order valence-electron chi connectivity index (χ1n) is 27.3. The molecule has 5 aliphatic carbocycles. The number of allylic oxidation sites excluding steroid dienone is 1. The van der Waals surface area contributed by atoms with E-state index in [9.17, 15) is 81.1 Å². The molecule has 28 atom stereocenters. The molecule has 77 heavy (non-hydrogen) atoms. The van der Waals surface area contributed by atoms with Gasteiger partial charge in [0.25, 0.3) is 0 Å². The van der Waals surface area contributed by atoms with Gasteiger partial charge in [-0.1, -0.05) is 54.5 Å². The highest BCUT2D eigenvalue weighted by atomic mass is 16.8. The third kappa shape index (κ3) is 9.70. The standard InChI is InChI=1S/C53H84O24/c1-48(2)13-10-21-22(57)16-52(7)28(53(21,69)20-48)9-8-27-50(5)14-12-29(49(3,4)26(50)11-15-51(27,52)6)73-47-42(35(63)34(62)40(75-47)43(67)68)77-45-38(66)36(64)39(25(19-56)72-45)74-46-41(33(61)31(59)24(18-55)71-46)76-44-37(65)32(60)30(58)23(17-54)70-44/h9,21,23-27,29-42,44-47,54-56,58-66,69H,8,10-20H2,1-7H3,(H,67,68). The van der Waals surface area contributed by atoms with Gasteiger partial charge < -0.3 is 109 Å². The van der Waals surface area contributed by atoms with Crippen LogP contribution in [0, 0.1) is 44.8 Å². The SMILES string of the molecule is CC1(C)CCC2C(=O)CC3(C)C(=CCC4C5(C)CCC(OC6OC(C(=O)O)C(O)C(O)C6OC6OC(CO)C(OC7OC(CO)C(O)C(O)C7OC7OC(CO)C(O)C(O)C7O)C(O)C6O)C(C)(C)C5CCC43C)C2(O)C1. The van der Waals surface area contributed by atoms with Gasteiger partial charge in [0.05, 0.1) is 37.4 Å². The van der Waals surface area contributed by atoms with Gasteiger partial charge >= 0.3 is 5.97 Å². The Morgan fingerprint density at radius 3 is 1.70 bits per heavy atom. The van der Waals surface area contributed by atoms with E-state index in [-0.39, 0.29) is 33.9 Å².